The van der Waals surface area contributed by atoms with Crippen LogP contribution in [0, 0.1) is 0 Å². The van der Waals surface area contributed by atoms with E-state index in [1.165, 1.54) is 0 Å². The molecule has 0 fully saturated rings. The summed E-state index contributed by atoms with van der Waals surface area (Å²) in [6.07, 6.45) is 0. The van der Waals surface area contributed by atoms with Gasteiger partial charge in [0.05, 0.1) is 5.69 Å². The van der Waals surface area contributed by atoms with Crippen molar-refractivity contribution < 1.29 is 4.79 Å². The number of carbonyl (C=O) groups excluding carboxylic acids is 1. The van der Waals surface area contributed by atoms with Crippen molar-refractivity contribution in [2.45, 2.75) is 6.54 Å². The normalized spacial score (nSPS) is 10.3. The molecule has 1 amide bonds. The number of thiocarbonyl (C=S) groups is 1. The number of hydrogen-bond acceptors (Lipinski definition) is 4. The Balaban J connectivity index is 1.47. The van der Waals surface area contributed by atoms with Crippen molar-refractivity contribution in [2.75, 3.05) is 0 Å². The number of carbonyl (C=O) groups is 1. The van der Waals surface area contributed by atoms with Gasteiger partial charge in [-0.3, -0.25) is 15.6 Å². The highest BCUT2D eigenvalue weighted by Crippen LogP contribution is 2.20. The van der Waals surface area contributed by atoms with Crippen LogP contribution in [0.3, 0.4) is 0 Å². The van der Waals surface area contributed by atoms with E-state index in [-0.39, 0.29) is 5.82 Å². The van der Waals surface area contributed by atoms with Crippen molar-refractivity contribution in [2.24, 2.45) is 0 Å². The van der Waals surface area contributed by atoms with Crippen molar-refractivity contribution in [3.8, 4) is 17.1 Å². The monoisotopic (exact) mass is 428 g/mol. The third kappa shape index (κ3) is 5.12. The van der Waals surface area contributed by atoms with Crippen molar-refractivity contribution in [3.05, 3.63) is 102 Å². The van der Waals surface area contributed by atoms with Gasteiger partial charge in [-0.2, -0.15) is 0 Å². The third-order valence-corrected chi connectivity index (χ3v) is 4.67. The van der Waals surface area contributed by atoms with Gasteiger partial charge in [-0.1, -0.05) is 78.9 Å². The molecule has 4 aromatic rings. The molecule has 0 spiro atoms. The third-order valence-electron chi connectivity index (χ3n) is 4.43. The molecule has 0 unspecified atom stereocenters. The van der Waals surface area contributed by atoms with Gasteiger partial charge in [-0.05, 0) is 29.9 Å². The minimum Gasteiger partial charge on any atom is -0.357 e. The van der Waals surface area contributed by atoms with E-state index in [1.54, 1.807) is 4.68 Å². The molecule has 3 aromatic carbocycles. The van der Waals surface area contributed by atoms with Gasteiger partial charge in [-0.25, -0.2) is 9.67 Å². The van der Waals surface area contributed by atoms with E-state index in [9.17, 15) is 4.79 Å². The zero-order chi connectivity index (χ0) is 21.5. The number of rotatable bonds is 5. The first-order valence-electron chi connectivity index (χ1n) is 9.67. The van der Waals surface area contributed by atoms with Crippen LogP contribution in [0.1, 0.15) is 16.2 Å². The van der Waals surface area contributed by atoms with Crippen LogP contribution in [0.5, 0.6) is 0 Å². The van der Waals surface area contributed by atoms with Gasteiger partial charge in [0, 0.05) is 12.1 Å². The van der Waals surface area contributed by atoms with Crippen LogP contribution in [0.15, 0.2) is 91.0 Å². The number of aromatic nitrogens is 3. The molecule has 0 radical (unpaired) electrons. The molecule has 4 rings (SSSR count). The number of hydrogen-bond donors (Lipinski definition) is 3. The largest absolute Gasteiger partial charge is 0.357 e. The number of hydrazine groups is 1. The van der Waals surface area contributed by atoms with Gasteiger partial charge >= 0.3 is 5.91 Å². The van der Waals surface area contributed by atoms with E-state index in [2.05, 4.69) is 26.3 Å². The van der Waals surface area contributed by atoms with Crippen molar-refractivity contribution >= 4 is 23.2 Å². The summed E-state index contributed by atoms with van der Waals surface area (Å²) in [6, 6.07) is 29.0. The fraction of sp³-hybridized carbons (Fsp3) is 0.0435. The molecule has 1 heterocycles. The summed E-state index contributed by atoms with van der Waals surface area (Å²) < 4.78 is 1.65. The molecule has 0 bridgehead atoms. The topological polar surface area (TPSA) is 83.9 Å². The zero-order valence-electron chi connectivity index (χ0n) is 16.5. The molecular weight excluding hydrogens is 408 g/mol. The van der Waals surface area contributed by atoms with Crippen LogP contribution in [-0.2, 0) is 6.54 Å². The predicted molar refractivity (Wildman–Crippen MR) is 123 cm³/mol. The fourth-order valence-corrected chi connectivity index (χ4v) is 3.05. The minimum absolute atomic E-state index is 0.0288. The second kappa shape index (κ2) is 9.64. The molecular formula is C23H20N6OS. The Labute approximate surface area is 185 Å². The van der Waals surface area contributed by atoms with Crippen LogP contribution >= 0.6 is 12.2 Å². The molecule has 3 N–H and O–H groups in total. The predicted octanol–water partition coefficient (Wildman–Crippen LogP) is 3.24. The Bertz CT molecular complexity index is 1110. The summed E-state index contributed by atoms with van der Waals surface area (Å²) in [6.45, 7) is 0.543. The maximum absolute atomic E-state index is 12.7. The second-order valence-electron chi connectivity index (χ2n) is 6.62. The summed E-state index contributed by atoms with van der Waals surface area (Å²) in [5, 5.41) is 7.75. The second-order valence-corrected chi connectivity index (χ2v) is 7.03. The van der Waals surface area contributed by atoms with E-state index in [1.807, 2.05) is 91.0 Å². The SMILES string of the molecule is O=C(NNC(=S)NCc1ccccc1)c1nc(-c2ccccc2)n(-c2ccccc2)n1. The number of nitrogens with one attached hydrogen (secondary N) is 3. The Morgan fingerprint density at radius 2 is 1.45 bits per heavy atom. The molecule has 7 nitrogen and oxygen atoms in total. The molecule has 154 valence electrons. The molecule has 1 aromatic heterocycles. The Morgan fingerprint density at radius 3 is 2.13 bits per heavy atom. The van der Waals surface area contributed by atoms with Crippen molar-refractivity contribution in [3.63, 3.8) is 0 Å². The standard InChI is InChI=1S/C23H20N6OS/c30-22(26-27-23(31)24-16-17-10-4-1-5-11-17)20-25-21(18-12-6-2-7-13-18)29(28-20)19-14-8-3-9-15-19/h1-15H,16H2,(H,26,30)(H2,24,27,31). The van der Waals surface area contributed by atoms with E-state index < -0.39 is 5.91 Å². The first kappa shape index (κ1) is 20.2. The Morgan fingerprint density at radius 1 is 0.839 bits per heavy atom. The van der Waals surface area contributed by atoms with E-state index in [0.29, 0.717) is 17.5 Å². The average Bonchev–Trinajstić information content (AvgIpc) is 3.29. The van der Waals surface area contributed by atoms with Crippen LogP contribution in [0.4, 0.5) is 0 Å². The molecule has 0 aliphatic carbocycles. The lowest BCUT2D eigenvalue weighted by Crippen LogP contribution is -2.46. The summed E-state index contributed by atoms with van der Waals surface area (Å²) in [4.78, 5) is 17.1. The minimum atomic E-state index is -0.490. The average molecular weight is 429 g/mol. The first-order valence-corrected chi connectivity index (χ1v) is 10.1. The molecule has 0 aliphatic heterocycles. The van der Waals surface area contributed by atoms with Gasteiger partial charge in [0.2, 0.25) is 5.82 Å². The fourth-order valence-electron chi connectivity index (χ4n) is 2.92. The quantitative estimate of drug-likeness (QED) is 0.334. The van der Waals surface area contributed by atoms with Gasteiger partial charge in [0.1, 0.15) is 0 Å². The highest BCUT2D eigenvalue weighted by molar-refractivity contribution is 7.80. The lowest BCUT2D eigenvalue weighted by atomic mass is 10.2. The summed E-state index contributed by atoms with van der Waals surface area (Å²) in [5.41, 5.74) is 7.98. The summed E-state index contributed by atoms with van der Waals surface area (Å²) >= 11 is 5.22. The maximum atomic E-state index is 12.7. The highest BCUT2D eigenvalue weighted by Gasteiger charge is 2.18. The maximum Gasteiger partial charge on any atom is 0.309 e. The van der Waals surface area contributed by atoms with Gasteiger partial charge in [0.25, 0.3) is 0 Å². The van der Waals surface area contributed by atoms with E-state index in [4.69, 9.17) is 12.2 Å². The van der Waals surface area contributed by atoms with Gasteiger partial charge in [-0.15, -0.1) is 5.10 Å². The molecule has 31 heavy (non-hydrogen) atoms. The Kier molecular flexibility index (Phi) is 6.29. The Hall–Kier alpha value is -4.04. The molecule has 0 atom stereocenters. The van der Waals surface area contributed by atoms with E-state index in [0.717, 1.165) is 16.8 Å². The molecule has 0 aliphatic rings. The molecule has 8 heteroatoms. The lowest BCUT2D eigenvalue weighted by Gasteiger charge is -2.10. The number of amides is 1. The van der Waals surface area contributed by atoms with Crippen LogP contribution in [0.25, 0.3) is 17.1 Å². The zero-order valence-corrected chi connectivity index (χ0v) is 17.3. The van der Waals surface area contributed by atoms with Crippen LogP contribution in [0.2, 0.25) is 0 Å². The lowest BCUT2D eigenvalue weighted by molar-refractivity contribution is 0.0933. The van der Waals surface area contributed by atoms with Crippen LogP contribution in [-0.4, -0.2) is 25.8 Å². The van der Waals surface area contributed by atoms with Crippen molar-refractivity contribution in [1.82, 2.24) is 30.9 Å². The van der Waals surface area contributed by atoms with Crippen molar-refractivity contribution in [1.29, 1.82) is 0 Å². The first-order chi connectivity index (χ1) is 15.2. The molecule has 0 saturated carbocycles. The van der Waals surface area contributed by atoms with Gasteiger partial charge < -0.3 is 5.32 Å². The number of benzene rings is 3. The number of para-hydroxylation sites is 1. The summed E-state index contributed by atoms with van der Waals surface area (Å²) in [7, 11) is 0. The number of nitrogens with zero attached hydrogens (tertiary/aromatic N) is 3. The summed E-state index contributed by atoms with van der Waals surface area (Å²) in [5.74, 6) is 0.110. The highest BCUT2D eigenvalue weighted by atomic mass is 32.1. The smallest absolute Gasteiger partial charge is 0.309 e. The van der Waals surface area contributed by atoms with Gasteiger partial charge in [0.15, 0.2) is 10.9 Å². The van der Waals surface area contributed by atoms with Crippen LogP contribution < -0.4 is 16.2 Å². The molecule has 0 saturated heterocycles. The van der Waals surface area contributed by atoms with E-state index >= 15 is 0 Å².